The SMILES string of the molecule is COc1cc(NC(=O)[C@H](C)n2cnc3ccccc3c2=O)ccc1NC(=O)CC(C)C. The van der Waals surface area contributed by atoms with Gasteiger partial charge in [0.25, 0.3) is 5.56 Å². The molecule has 8 nitrogen and oxygen atoms in total. The molecule has 2 aromatic carbocycles. The molecule has 2 amide bonds. The van der Waals surface area contributed by atoms with Crippen LogP contribution in [0.3, 0.4) is 0 Å². The molecule has 0 unspecified atom stereocenters. The maximum atomic E-state index is 12.8. The van der Waals surface area contributed by atoms with Crippen LogP contribution in [-0.2, 0) is 9.59 Å². The van der Waals surface area contributed by atoms with Gasteiger partial charge in [-0.15, -0.1) is 0 Å². The molecule has 0 aliphatic carbocycles. The minimum absolute atomic E-state index is 0.109. The molecule has 162 valence electrons. The molecule has 0 bridgehead atoms. The van der Waals surface area contributed by atoms with Crippen LogP contribution in [0.4, 0.5) is 11.4 Å². The van der Waals surface area contributed by atoms with Crippen LogP contribution in [0.25, 0.3) is 10.9 Å². The number of methoxy groups -OCH3 is 1. The molecule has 0 fully saturated rings. The van der Waals surface area contributed by atoms with Gasteiger partial charge in [0.05, 0.1) is 30.0 Å². The molecule has 0 saturated carbocycles. The Labute approximate surface area is 180 Å². The first-order valence-electron chi connectivity index (χ1n) is 10.0. The monoisotopic (exact) mass is 422 g/mol. The minimum Gasteiger partial charge on any atom is -0.494 e. The van der Waals surface area contributed by atoms with Gasteiger partial charge in [-0.2, -0.15) is 0 Å². The Kier molecular flexibility index (Phi) is 6.69. The third-order valence-corrected chi connectivity index (χ3v) is 4.82. The summed E-state index contributed by atoms with van der Waals surface area (Å²) in [6, 6.07) is 11.2. The smallest absolute Gasteiger partial charge is 0.261 e. The van der Waals surface area contributed by atoms with E-state index in [2.05, 4.69) is 15.6 Å². The number of hydrogen-bond donors (Lipinski definition) is 2. The highest BCUT2D eigenvalue weighted by molar-refractivity contribution is 5.96. The van der Waals surface area contributed by atoms with Crippen molar-refractivity contribution in [2.24, 2.45) is 5.92 Å². The highest BCUT2D eigenvalue weighted by atomic mass is 16.5. The first kappa shape index (κ1) is 22.0. The van der Waals surface area contributed by atoms with Gasteiger partial charge in [-0.3, -0.25) is 19.0 Å². The predicted octanol–water partition coefficient (Wildman–Crippen LogP) is 3.59. The van der Waals surface area contributed by atoms with Crippen LogP contribution in [0.2, 0.25) is 0 Å². The summed E-state index contributed by atoms with van der Waals surface area (Å²) in [5.41, 5.74) is 1.30. The van der Waals surface area contributed by atoms with Crippen LogP contribution in [0.15, 0.2) is 53.6 Å². The average molecular weight is 422 g/mol. The zero-order valence-corrected chi connectivity index (χ0v) is 18.0. The number of carbonyl (C=O) groups excluding carboxylic acids is 2. The Morgan fingerprint density at radius 3 is 2.55 bits per heavy atom. The number of ether oxygens (including phenoxy) is 1. The van der Waals surface area contributed by atoms with E-state index < -0.39 is 6.04 Å². The fourth-order valence-electron chi connectivity index (χ4n) is 3.18. The summed E-state index contributed by atoms with van der Waals surface area (Å²) >= 11 is 0. The number of amides is 2. The number of aromatic nitrogens is 2. The van der Waals surface area contributed by atoms with E-state index in [0.717, 1.165) is 0 Å². The van der Waals surface area contributed by atoms with E-state index in [9.17, 15) is 14.4 Å². The number of benzene rings is 2. The van der Waals surface area contributed by atoms with Gasteiger partial charge >= 0.3 is 0 Å². The van der Waals surface area contributed by atoms with Crippen molar-refractivity contribution in [2.45, 2.75) is 33.2 Å². The van der Waals surface area contributed by atoms with Crippen LogP contribution in [-0.4, -0.2) is 28.5 Å². The lowest BCUT2D eigenvalue weighted by Gasteiger charge is -2.17. The number of nitrogens with zero attached hydrogens (tertiary/aromatic N) is 2. The van der Waals surface area contributed by atoms with E-state index in [1.165, 1.54) is 18.0 Å². The lowest BCUT2D eigenvalue weighted by atomic mass is 10.1. The summed E-state index contributed by atoms with van der Waals surface area (Å²) in [7, 11) is 1.49. The van der Waals surface area contributed by atoms with Gasteiger partial charge < -0.3 is 15.4 Å². The van der Waals surface area contributed by atoms with E-state index in [1.54, 1.807) is 49.4 Å². The van der Waals surface area contributed by atoms with Gasteiger partial charge in [-0.05, 0) is 37.1 Å². The Balaban J connectivity index is 1.77. The van der Waals surface area contributed by atoms with Gasteiger partial charge in [0, 0.05) is 18.2 Å². The first-order chi connectivity index (χ1) is 14.8. The molecule has 1 atom stereocenters. The fraction of sp³-hybridized carbons (Fsp3) is 0.304. The number of anilines is 2. The van der Waals surface area contributed by atoms with Crippen molar-refractivity contribution < 1.29 is 14.3 Å². The highest BCUT2D eigenvalue weighted by Crippen LogP contribution is 2.28. The summed E-state index contributed by atoms with van der Waals surface area (Å²) in [6.07, 6.45) is 1.77. The molecule has 1 aromatic heterocycles. The molecule has 3 aromatic rings. The Bertz CT molecular complexity index is 1170. The van der Waals surface area contributed by atoms with Crippen molar-refractivity contribution in [3.05, 3.63) is 59.1 Å². The molecule has 31 heavy (non-hydrogen) atoms. The van der Waals surface area contributed by atoms with Crippen molar-refractivity contribution in [2.75, 3.05) is 17.7 Å². The van der Waals surface area contributed by atoms with Crippen LogP contribution >= 0.6 is 0 Å². The van der Waals surface area contributed by atoms with E-state index in [4.69, 9.17) is 4.74 Å². The lowest BCUT2D eigenvalue weighted by Crippen LogP contribution is -2.31. The fourth-order valence-corrected chi connectivity index (χ4v) is 3.18. The highest BCUT2D eigenvalue weighted by Gasteiger charge is 2.19. The zero-order valence-electron chi connectivity index (χ0n) is 18.0. The van der Waals surface area contributed by atoms with E-state index >= 15 is 0 Å². The van der Waals surface area contributed by atoms with Crippen LogP contribution < -0.4 is 20.9 Å². The van der Waals surface area contributed by atoms with Crippen molar-refractivity contribution >= 4 is 34.1 Å². The van der Waals surface area contributed by atoms with Gasteiger partial charge in [-0.25, -0.2) is 4.98 Å². The number of carbonyl (C=O) groups is 2. The predicted molar refractivity (Wildman–Crippen MR) is 120 cm³/mol. The first-order valence-corrected chi connectivity index (χ1v) is 10.0. The van der Waals surface area contributed by atoms with E-state index in [0.29, 0.717) is 34.4 Å². The largest absolute Gasteiger partial charge is 0.494 e. The molecule has 0 aliphatic heterocycles. The van der Waals surface area contributed by atoms with Gasteiger partial charge in [0.1, 0.15) is 11.8 Å². The van der Waals surface area contributed by atoms with Gasteiger partial charge in [-0.1, -0.05) is 26.0 Å². The number of nitrogens with one attached hydrogen (secondary N) is 2. The number of hydrogen-bond acceptors (Lipinski definition) is 5. The molecule has 0 spiro atoms. The molecular formula is C23H26N4O4. The molecule has 0 saturated heterocycles. The van der Waals surface area contributed by atoms with Crippen molar-refractivity contribution in [3.8, 4) is 5.75 Å². The molecule has 1 heterocycles. The maximum Gasteiger partial charge on any atom is 0.261 e. The Hall–Kier alpha value is -3.68. The van der Waals surface area contributed by atoms with Crippen LogP contribution in [0.1, 0.15) is 33.2 Å². The molecule has 2 N–H and O–H groups in total. The second kappa shape index (κ2) is 9.42. The van der Waals surface area contributed by atoms with Crippen molar-refractivity contribution in [1.29, 1.82) is 0 Å². The Morgan fingerprint density at radius 2 is 1.84 bits per heavy atom. The summed E-state index contributed by atoms with van der Waals surface area (Å²) < 4.78 is 6.66. The van der Waals surface area contributed by atoms with Gasteiger partial charge in [0.2, 0.25) is 11.8 Å². The van der Waals surface area contributed by atoms with Crippen LogP contribution in [0, 0.1) is 5.92 Å². The normalized spacial score (nSPS) is 11.9. The molecule has 0 aliphatic rings. The third kappa shape index (κ3) is 5.09. The molecule has 0 radical (unpaired) electrons. The number of fused-ring (bicyclic) bond motifs is 1. The third-order valence-electron chi connectivity index (χ3n) is 4.82. The molecule has 8 heteroatoms. The Morgan fingerprint density at radius 1 is 1.10 bits per heavy atom. The lowest BCUT2D eigenvalue weighted by molar-refractivity contribution is -0.119. The standard InChI is InChI=1S/C23H26N4O4/c1-14(2)11-21(28)26-19-10-9-16(12-20(19)31-4)25-22(29)15(3)27-13-24-18-8-6-5-7-17(18)23(27)30/h5-10,12-15H,11H2,1-4H3,(H,25,29)(H,26,28)/t15-/m0/s1. The second-order valence-corrected chi connectivity index (χ2v) is 7.70. The summed E-state index contributed by atoms with van der Waals surface area (Å²) in [6.45, 7) is 5.56. The summed E-state index contributed by atoms with van der Waals surface area (Å²) in [4.78, 5) is 41.8. The van der Waals surface area contributed by atoms with Gasteiger partial charge in [0.15, 0.2) is 0 Å². The average Bonchev–Trinajstić information content (AvgIpc) is 2.74. The summed E-state index contributed by atoms with van der Waals surface area (Å²) in [5.74, 6) is 0.172. The minimum atomic E-state index is -0.777. The summed E-state index contributed by atoms with van der Waals surface area (Å²) in [5, 5.41) is 6.05. The quantitative estimate of drug-likeness (QED) is 0.606. The number of para-hydroxylation sites is 1. The maximum absolute atomic E-state index is 12.8. The van der Waals surface area contributed by atoms with E-state index in [1.807, 2.05) is 13.8 Å². The van der Waals surface area contributed by atoms with Crippen LogP contribution in [0.5, 0.6) is 5.75 Å². The van der Waals surface area contributed by atoms with E-state index in [-0.39, 0.29) is 23.3 Å². The van der Waals surface area contributed by atoms with Crippen molar-refractivity contribution in [3.63, 3.8) is 0 Å². The molecule has 3 rings (SSSR count). The number of rotatable bonds is 7. The van der Waals surface area contributed by atoms with Crippen molar-refractivity contribution in [1.82, 2.24) is 9.55 Å². The topological polar surface area (TPSA) is 102 Å². The zero-order chi connectivity index (χ0) is 22.5. The second-order valence-electron chi connectivity index (χ2n) is 7.70. The molecular weight excluding hydrogens is 396 g/mol.